The highest BCUT2D eigenvalue weighted by Crippen LogP contribution is 2.35. The summed E-state index contributed by atoms with van der Waals surface area (Å²) in [5, 5.41) is 6.68. The molecule has 1 atom stereocenters. The van der Waals surface area contributed by atoms with Gasteiger partial charge < -0.3 is 30.0 Å². The number of ether oxygens (including phenoxy) is 2. The van der Waals surface area contributed by atoms with Gasteiger partial charge >= 0.3 is 0 Å². The third kappa shape index (κ3) is 4.62. The van der Waals surface area contributed by atoms with Crippen LogP contribution in [0, 0.1) is 5.82 Å². The van der Waals surface area contributed by atoms with Gasteiger partial charge in [0, 0.05) is 29.9 Å². The van der Waals surface area contributed by atoms with Crippen molar-refractivity contribution in [2.75, 3.05) is 37.9 Å². The molecule has 1 aliphatic heterocycles. The van der Waals surface area contributed by atoms with Crippen LogP contribution in [0.5, 0.6) is 11.5 Å². The van der Waals surface area contributed by atoms with Crippen LogP contribution in [0.15, 0.2) is 59.5 Å². The number of likely N-dealkylation sites (N-methyl/N-ethyl adjacent to an activating group) is 1. The number of benzene rings is 2. The van der Waals surface area contributed by atoms with Gasteiger partial charge in [-0.2, -0.15) is 4.98 Å². The Balaban J connectivity index is 1.32. The minimum Gasteiger partial charge on any atom is -0.486 e. The molecule has 0 saturated carbocycles. The molecule has 0 amide bonds. The SMILES string of the molecule is CN(C)CC1COc2cc(Nc3nccc(Nc4cc5cccc(F)c5[nH]c4=O)n3)ccc2O1. The highest BCUT2D eigenvalue weighted by atomic mass is 19.1. The van der Waals surface area contributed by atoms with E-state index in [1.165, 1.54) is 6.07 Å². The van der Waals surface area contributed by atoms with E-state index in [1.807, 2.05) is 32.3 Å². The van der Waals surface area contributed by atoms with Crippen LogP contribution < -0.4 is 25.7 Å². The average molecular weight is 462 g/mol. The molecule has 174 valence electrons. The molecule has 5 rings (SSSR count). The van der Waals surface area contributed by atoms with Gasteiger partial charge in [0.1, 0.15) is 30.0 Å². The summed E-state index contributed by atoms with van der Waals surface area (Å²) in [6.45, 7) is 1.23. The maximum atomic E-state index is 13.9. The highest BCUT2D eigenvalue weighted by Gasteiger charge is 2.22. The quantitative estimate of drug-likeness (QED) is 0.399. The minimum absolute atomic E-state index is 0.0258. The second kappa shape index (κ2) is 8.99. The van der Waals surface area contributed by atoms with Crippen LogP contribution in [-0.4, -0.2) is 53.2 Å². The van der Waals surface area contributed by atoms with Crippen molar-refractivity contribution in [3.8, 4) is 11.5 Å². The number of halogens is 1. The summed E-state index contributed by atoms with van der Waals surface area (Å²) >= 11 is 0. The summed E-state index contributed by atoms with van der Waals surface area (Å²) in [6.07, 6.45) is 1.54. The van der Waals surface area contributed by atoms with Crippen molar-refractivity contribution in [2.45, 2.75) is 6.10 Å². The van der Waals surface area contributed by atoms with Crippen LogP contribution in [0.3, 0.4) is 0 Å². The van der Waals surface area contributed by atoms with Crippen LogP contribution in [0.4, 0.5) is 27.5 Å². The normalized spacial score (nSPS) is 14.9. The van der Waals surface area contributed by atoms with Gasteiger partial charge in [-0.1, -0.05) is 12.1 Å². The Hall–Kier alpha value is -4.18. The first kappa shape index (κ1) is 21.7. The fourth-order valence-electron chi connectivity index (χ4n) is 3.73. The summed E-state index contributed by atoms with van der Waals surface area (Å²) < 4.78 is 25.8. The lowest BCUT2D eigenvalue weighted by molar-refractivity contribution is 0.0711. The number of rotatable bonds is 6. The predicted molar refractivity (Wildman–Crippen MR) is 128 cm³/mol. The van der Waals surface area contributed by atoms with Crippen LogP contribution in [0.2, 0.25) is 0 Å². The molecule has 0 aliphatic carbocycles. The molecule has 1 unspecified atom stereocenters. The summed E-state index contributed by atoms with van der Waals surface area (Å²) in [5.41, 5.74) is 0.679. The van der Waals surface area contributed by atoms with Crippen molar-refractivity contribution in [3.05, 3.63) is 70.9 Å². The van der Waals surface area contributed by atoms with E-state index in [0.717, 1.165) is 12.2 Å². The molecule has 0 saturated heterocycles. The number of H-pyrrole nitrogens is 1. The van der Waals surface area contributed by atoms with E-state index < -0.39 is 11.4 Å². The Morgan fingerprint density at radius 1 is 1.15 bits per heavy atom. The zero-order valence-corrected chi connectivity index (χ0v) is 18.6. The molecular weight excluding hydrogens is 439 g/mol. The Morgan fingerprint density at radius 3 is 2.88 bits per heavy atom. The van der Waals surface area contributed by atoms with Crippen molar-refractivity contribution >= 4 is 34.0 Å². The van der Waals surface area contributed by atoms with Gasteiger partial charge in [0.05, 0.1) is 5.52 Å². The first-order chi connectivity index (χ1) is 16.4. The lowest BCUT2D eigenvalue weighted by Gasteiger charge is -2.28. The number of pyridine rings is 1. The number of hydrogen-bond donors (Lipinski definition) is 3. The lowest BCUT2D eigenvalue weighted by Crippen LogP contribution is -2.37. The molecule has 10 heteroatoms. The van der Waals surface area contributed by atoms with E-state index in [0.29, 0.717) is 35.3 Å². The molecule has 0 bridgehead atoms. The first-order valence-electron chi connectivity index (χ1n) is 10.7. The van der Waals surface area contributed by atoms with Crippen molar-refractivity contribution in [2.24, 2.45) is 0 Å². The number of nitrogens with zero attached hydrogens (tertiary/aromatic N) is 3. The number of hydrogen-bond acceptors (Lipinski definition) is 8. The fourth-order valence-corrected chi connectivity index (χ4v) is 3.73. The molecule has 1 aliphatic rings. The third-order valence-corrected chi connectivity index (χ3v) is 5.23. The Labute approximate surface area is 194 Å². The van der Waals surface area contributed by atoms with E-state index in [-0.39, 0.29) is 17.3 Å². The lowest BCUT2D eigenvalue weighted by atomic mass is 10.2. The molecule has 0 radical (unpaired) electrons. The van der Waals surface area contributed by atoms with E-state index in [1.54, 1.807) is 30.5 Å². The molecule has 3 N–H and O–H groups in total. The Bertz CT molecular complexity index is 1410. The van der Waals surface area contributed by atoms with Crippen LogP contribution >= 0.6 is 0 Å². The van der Waals surface area contributed by atoms with Crippen molar-refractivity contribution in [1.82, 2.24) is 19.9 Å². The second-order valence-corrected chi connectivity index (χ2v) is 8.21. The minimum atomic E-state index is -0.484. The molecule has 3 heterocycles. The maximum Gasteiger partial charge on any atom is 0.272 e. The average Bonchev–Trinajstić information content (AvgIpc) is 2.80. The van der Waals surface area contributed by atoms with E-state index in [9.17, 15) is 9.18 Å². The van der Waals surface area contributed by atoms with Gasteiger partial charge in [0.15, 0.2) is 11.5 Å². The molecule has 0 fully saturated rings. The monoisotopic (exact) mass is 462 g/mol. The molecule has 2 aromatic carbocycles. The van der Waals surface area contributed by atoms with Crippen LogP contribution in [-0.2, 0) is 0 Å². The molecule has 9 nitrogen and oxygen atoms in total. The summed E-state index contributed by atoms with van der Waals surface area (Å²) in [7, 11) is 3.98. The van der Waals surface area contributed by atoms with E-state index in [2.05, 4.69) is 30.5 Å². The zero-order chi connectivity index (χ0) is 23.7. The fraction of sp³-hybridized carbons (Fsp3) is 0.208. The number of anilines is 4. The van der Waals surface area contributed by atoms with Crippen LogP contribution in [0.25, 0.3) is 10.9 Å². The molecule has 0 spiro atoms. The zero-order valence-electron chi connectivity index (χ0n) is 18.6. The Morgan fingerprint density at radius 2 is 2.03 bits per heavy atom. The summed E-state index contributed by atoms with van der Waals surface area (Å²) in [5.74, 6) is 1.58. The van der Waals surface area contributed by atoms with Gasteiger partial charge in [-0.25, -0.2) is 9.37 Å². The van der Waals surface area contributed by atoms with Gasteiger partial charge in [0.2, 0.25) is 5.95 Å². The smallest absolute Gasteiger partial charge is 0.272 e. The summed E-state index contributed by atoms with van der Waals surface area (Å²) in [6, 6.07) is 13.3. The molecular formula is C24H23FN6O3. The predicted octanol–water partition coefficient (Wildman–Crippen LogP) is 3.65. The topological polar surface area (TPSA) is 104 Å². The molecule has 4 aromatic rings. The number of aromatic amines is 1. The Kier molecular flexibility index (Phi) is 5.72. The van der Waals surface area contributed by atoms with Crippen molar-refractivity contribution in [1.29, 1.82) is 0 Å². The first-order valence-corrected chi connectivity index (χ1v) is 10.7. The molecule has 2 aromatic heterocycles. The van der Waals surface area contributed by atoms with E-state index >= 15 is 0 Å². The maximum absolute atomic E-state index is 13.9. The highest BCUT2D eigenvalue weighted by molar-refractivity contribution is 5.82. The number of aromatic nitrogens is 3. The number of fused-ring (bicyclic) bond motifs is 2. The van der Waals surface area contributed by atoms with Crippen LogP contribution in [0.1, 0.15) is 0 Å². The second-order valence-electron chi connectivity index (χ2n) is 8.21. The van der Waals surface area contributed by atoms with E-state index in [4.69, 9.17) is 9.47 Å². The summed E-state index contributed by atoms with van der Waals surface area (Å²) in [4.78, 5) is 25.7. The van der Waals surface area contributed by atoms with Gasteiger partial charge in [-0.3, -0.25) is 4.79 Å². The number of nitrogens with one attached hydrogen (secondary N) is 3. The molecule has 34 heavy (non-hydrogen) atoms. The third-order valence-electron chi connectivity index (χ3n) is 5.23. The van der Waals surface area contributed by atoms with Gasteiger partial charge in [0.25, 0.3) is 5.56 Å². The largest absolute Gasteiger partial charge is 0.486 e. The van der Waals surface area contributed by atoms with Gasteiger partial charge in [-0.05, 0) is 44.4 Å². The standard InChI is InChI=1S/C24H23FN6O3/c1-31(2)12-16-13-33-20-11-15(6-7-19(20)34-16)27-24-26-9-8-21(29-24)28-18-10-14-4-3-5-17(25)22(14)30-23(18)32/h3-11,16H,12-13H2,1-2H3,(H,30,32)(H2,26,27,28,29). The van der Waals surface area contributed by atoms with Crippen molar-refractivity contribution in [3.63, 3.8) is 0 Å². The number of para-hydroxylation sites is 1. The van der Waals surface area contributed by atoms with Gasteiger partial charge in [-0.15, -0.1) is 0 Å². The van der Waals surface area contributed by atoms with Crippen molar-refractivity contribution < 1.29 is 13.9 Å².